The largest absolute Gasteiger partial charge is 0.491 e. The van der Waals surface area contributed by atoms with Crippen molar-refractivity contribution in [3.05, 3.63) is 131 Å². The zero-order valence-corrected chi connectivity index (χ0v) is 33.0. The Bertz CT molecular complexity index is 2230. The van der Waals surface area contributed by atoms with E-state index < -0.39 is 0 Å². The fraction of sp³-hybridized carbons (Fsp3) is 0.320. The predicted octanol–water partition coefficient (Wildman–Crippen LogP) is 9.76. The van der Waals surface area contributed by atoms with Crippen LogP contribution in [-0.4, -0.2) is 79.3 Å². The van der Waals surface area contributed by atoms with Gasteiger partial charge in [-0.05, 0) is 117 Å². The van der Waals surface area contributed by atoms with E-state index in [1.54, 1.807) is 0 Å². The van der Waals surface area contributed by atoms with Crippen molar-refractivity contribution in [2.24, 2.45) is 0 Å². The molecule has 0 unspecified atom stereocenters. The van der Waals surface area contributed by atoms with Crippen molar-refractivity contribution in [3.8, 4) is 34.1 Å². The van der Waals surface area contributed by atoms with Crippen molar-refractivity contribution in [2.45, 2.75) is 25.7 Å². The topological polar surface area (TPSA) is 73.8 Å². The van der Waals surface area contributed by atoms with Crippen LogP contribution >= 0.6 is 0 Å². The molecule has 0 saturated heterocycles. The Balaban J connectivity index is 0.910. The molecule has 58 heavy (non-hydrogen) atoms. The molecule has 6 aromatic rings. The van der Waals surface area contributed by atoms with Crippen LogP contribution < -0.4 is 18.9 Å². The van der Waals surface area contributed by atoms with Crippen molar-refractivity contribution in [2.75, 3.05) is 79.3 Å². The second kappa shape index (κ2) is 18.5. The van der Waals surface area contributed by atoms with Crippen LogP contribution in [0.5, 0.6) is 23.0 Å². The van der Waals surface area contributed by atoms with Gasteiger partial charge in [0, 0.05) is 11.1 Å². The molecule has 0 spiro atoms. The smallest absolute Gasteiger partial charge is 0.128 e. The van der Waals surface area contributed by atoms with Crippen LogP contribution in [0.4, 0.5) is 0 Å². The van der Waals surface area contributed by atoms with E-state index in [-0.39, 0.29) is 0 Å². The highest BCUT2D eigenvalue weighted by Crippen LogP contribution is 2.47. The van der Waals surface area contributed by atoms with Crippen molar-refractivity contribution in [3.63, 3.8) is 0 Å². The summed E-state index contributed by atoms with van der Waals surface area (Å²) in [5.74, 6) is 3.29. The van der Waals surface area contributed by atoms with Gasteiger partial charge in [-0.2, -0.15) is 0 Å². The zero-order valence-electron chi connectivity index (χ0n) is 33.0. The second-order valence-electron chi connectivity index (χ2n) is 14.8. The molecule has 8 heteroatoms. The van der Waals surface area contributed by atoms with Gasteiger partial charge in [-0.25, -0.2) is 0 Å². The van der Waals surface area contributed by atoms with E-state index in [0.29, 0.717) is 79.3 Å². The predicted molar refractivity (Wildman–Crippen MR) is 228 cm³/mol. The Hall–Kier alpha value is -5.38. The Kier molecular flexibility index (Phi) is 12.2. The molecule has 4 bridgehead atoms. The fourth-order valence-corrected chi connectivity index (χ4v) is 8.47. The number of ether oxygens (including phenoxy) is 8. The zero-order chi connectivity index (χ0) is 38.9. The normalized spacial score (nSPS) is 18.7. The molecular weight excluding hydrogens is 729 g/mol. The first-order valence-electron chi connectivity index (χ1n) is 20.6. The van der Waals surface area contributed by atoms with Gasteiger partial charge < -0.3 is 37.9 Å². The third-order valence-electron chi connectivity index (χ3n) is 11.2. The SMILES string of the molecule is c1ccc2c3c(ccc2c1)OCCOCCOCCOc1ccc2c(c1)/C(=C1/CCc4ccc(cc41)OCCOCCOCCOc1ccc4ccccc4c1-3)CC2. The molecular formula is C50H50O8. The van der Waals surface area contributed by atoms with Gasteiger partial charge in [0.1, 0.15) is 49.4 Å². The standard InChI is InChI=1S/C50H50O8/c1-3-7-41-35(5-1)13-19-47-49(41)50-42-8-4-2-6-36(42)14-20-48(50)58-32-28-54-24-22-52-26-30-56-40-16-10-38-12-18-44(46(38)34-40)43-17-11-37-9-15-39(33-45(37)43)55-29-25-51-21-23-53-27-31-57-47/h1-10,13-16,19-20,33-34H,11-12,17-18,21-32H2/b44-43-. The molecule has 3 aliphatic rings. The minimum absolute atomic E-state index is 0.390. The number of hydrogen-bond acceptors (Lipinski definition) is 8. The van der Waals surface area contributed by atoms with Gasteiger partial charge in [-0.15, -0.1) is 0 Å². The molecule has 0 saturated carbocycles. The molecule has 0 atom stereocenters. The van der Waals surface area contributed by atoms with Crippen molar-refractivity contribution in [1.29, 1.82) is 0 Å². The number of hydrogen-bond donors (Lipinski definition) is 0. The van der Waals surface area contributed by atoms with Crippen molar-refractivity contribution in [1.82, 2.24) is 0 Å². The molecule has 8 nitrogen and oxygen atoms in total. The molecule has 9 rings (SSSR count). The van der Waals surface area contributed by atoms with Crippen LogP contribution in [0.25, 0.3) is 43.8 Å². The van der Waals surface area contributed by atoms with Crippen molar-refractivity contribution < 1.29 is 37.9 Å². The highest BCUT2D eigenvalue weighted by molar-refractivity contribution is 6.09. The van der Waals surface area contributed by atoms with E-state index in [4.69, 9.17) is 37.9 Å². The van der Waals surface area contributed by atoms with Gasteiger partial charge in [-0.1, -0.05) is 72.8 Å². The maximum absolute atomic E-state index is 6.49. The molecule has 1 heterocycles. The number of rotatable bonds is 0. The lowest BCUT2D eigenvalue weighted by molar-refractivity contribution is 0.0272. The number of benzene rings is 6. The summed E-state index contributed by atoms with van der Waals surface area (Å²) < 4.78 is 49.0. The maximum atomic E-state index is 6.49. The Labute approximate surface area is 340 Å². The molecule has 0 amide bonds. The maximum Gasteiger partial charge on any atom is 0.128 e. The van der Waals surface area contributed by atoms with E-state index in [0.717, 1.165) is 81.4 Å². The first kappa shape index (κ1) is 38.2. The van der Waals surface area contributed by atoms with Gasteiger partial charge in [0.2, 0.25) is 0 Å². The molecule has 0 fully saturated rings. The monoisotopic (exact) mass is 778 g/mol. The highest BCUT2D eigenvalue weighted by Gasteiger charge is 2.26. The van der Waals surface area contributed by atoms with Gasteiger partial charge in [0.25, 0.3) is 0 Å². The van der Waals surface area contributed by atoms with Gasteiger partial charge in [0.15, 0.2) is 0 Å². The first-order chi connectivity index (χ1) is 28.8. The average molecular weight is 779 g/mol. The molecule has 1 aliphatic heterocycles. The molecule has 0 N–H and O–H groups in total. The first-order valence-corrected chi connectivity index (χ1v) is 20.6. The molecule has 2 aliphatic carbocycles. The average Bonchev–Trinajstić information content (AvgIpc) is 3.88. The summed E-state index contributed by atoms with van der Waals surface area (Å²) in [5.41, 5.74) is 10.2. The van der Waals surface area contributed by atoms with Crippen LogP contribution in [0, 0.1) is 0 Å². The lowest BCUT2D eigenvalue weighted by Crippen LogP contribution is -2.14. The Morgan fingerprint density at radius 3 is 1.17 bits per heavy atom. The number of aryl methyl sites for hydroxylation is 2. The summed E-state index contributed by atoms with van der Waals surface area (Å²) in [4.78, 5) is 0. The lowest BCUT2D eigenvalue weighted by atomic mass is 9.92. The third kappa shape index (κ3) is 8.57. The van der Waals surface area contributed by atoms with Gasteiger partial charge >= 0.3 is 0 Å². The molecule has 298 valence electrons. The van der Waals surface area contributed by atoms with Crippen LogP contribution in [0.2, 0.25) is 0 Å². The van der Waals surface area contributed by atoms with Crippen LogP contribution in [0.1, 0.15) is 35.1 Å². The second-order valence-corrected chi connectivity index (χ2v) is 14.8. The summed E-state index contributed by atoms with van der Waals surface area (Å²) in [6.07, 6.45) is 4.19. The van der Waals surface area contributed by atoms with Crippen LogP contribution in [0.3, 0.4) is 0 Å². The van der Waals surface area contributed by atoms with Crippen LogP contribution in [0.15, 0.2) is 109 Å². The van der Waals surface area contributed by atoms with E-state index in [2.05, 4.69) is 97.1 Å². The summed E-state index contributed by atoms with van der Waals surface area (Å²) in [6.45, 7) is 5.42. The summed E-state index contributed by atoms with van der Waals surface area (Å²) in [7, 11) is 0. The minimum atomic E-state index is 0.390. The highest BCUT2D eigenvalue weighted by atomic mass is 16.6. The summed E-state index contributed by atoms with van der Waals surface area (Å²) >= 11 is 0. The van der Waals surface area contributed by atoms with E-state index >= 15 is 0 Å². The summed E-state index contributed by atoms with van der Waals surface area (Å²) in [5, 5.41) is 4.42. The Morgan fingerprint density at radius 2 is 0.724 bits per heavy atom. The third-order valence-corrected chi connectivity index (χ3v) is 11.2. The van der Waals surface area contributed by atoms with Crippen LogP contribution in [-0.2, 0) is 31.8 Å². The number of allylic oxidation sites excluding steroid dienone is 2. The number of fused-ring (bicyclic) bond motifs is 9. The Morgan fingerprint density at radius 1 is 0.328 bits per heavy atom. The van der Waals surface area contributed by atoms with Crippen molar-refractivity contribution >= 4 is 32.7 Å². The van der Waals surface area contributed by atoms with Gasteiger partial charge in [-0.3, -0.25) is 0 Å². The minimum Gasteiger partial charge on any atom is -0.491 e. The fourth-order valence-electron chi connectivity index (χ4n) is 8.47. The van der Waals surface area contributed by atoms with E-state index in [1.165, 1.54) is 33.4 Å². The molecule has 0 radical (unpaired) electrons. The molecule has 6 aromatic carbocycles. The van der Waals surface area contributed by atoms with Gasteiger partial charge in [0.05, 0.1) is 52.9 Å². The molecule has 0 aromatic heterocycles. The van der Waals surface area contributed by atoms with E-state index in [9.17, 15) is 0 Å². The summed E-state index contributed by atoms with van der Waals surface area (Å²) in [6, 6.07) is 38.1. The van der Waals surface area contributed by atoms with E-state index in [1.807, 2.05) is 12.1 Å². The lowest BCUT2D eigenvalue weighted by Gasteiger charge is -2.20. The quantitative estimate of drug-likeness (QED) is 0.151.